The van der Waals surface area contributed by atoms with Crippen molar-refractivity contribution in [1.82, 2.24) is 10.2 Å². The van der Waals surface area contributed by atoms with Crippen LogP contribution < -0.4 is 5.32 Å². The Morgan fingerprint density at radius 1 is 1.43 bits per heavy atom. The Bertz CT molecular complexity index is 484. The predicted octanol–water partition coefficient (Wildman–Crippen LogP) is 1.95. The molecule has 0 aliphatic carbocycles. The van der Waals surface area contributed by atoms with Gasteiger partial charge in [-0.05, 0) is 50.4 Å². The summed E-state index contributed by atoms with van der Waals surface area (Å²) in [4.78, 5) is 14.4. The van der Waals surface area contributed by atoms with Crippen LogP contribution >= 0.6 is 0 Å². The van der Waals surface area contributed by atoms with Crippen molar-refractivity contribution in [3.63, 3.8) is 0 Å². The van der Waals surface area contributed by atoms with E-state index in [-0.39, 0.29) is 23.0 Å². The number of piperidine rings is 1. The highest BCUT2D eigenvalue weighted by Gasteiger charge is 2.23. The molecular formula is C16H24N2O3. The molecule has 1 fully saturated rings. The number of nitrogens with one attached hydrogen (secondary N) is 1. The molecule has 1 heterocycles. The first-order valence-electron chi connectivity index (χ1n) is 7.64. The van der Waals surface area contributed by atoms with Crippen LogP contribution in [-0.4, -0.2) is 47.2 Å². The number of carbonyl (C=O) groups is 1. The van der Waals surface area contributed by atoms with Crippen LogP contribution in [0.25, 0.3) is 0 Å². The lowest BCUT2D eigenvalue weighted by atomic mass is 9.98. The molecular weight excluding hydrogens is 268 g/mol. The van der Waals surface area contributed by atoms with Crippen molar-refractivity contribution in [2.75, 3.05) is 26.2 Å². The van der Waals surface area contributed by atoms with E-state index in [4.69, 9.17) is 0 Å². The van der Waals surface area contributed by atoms with Crippen LogP contribution in [0.1, 0.15) is 36.5 Å². The van der Waals surface area contributed by atoms with E-state index in [0.717, 1.165) is 32.4 Å². The highest BCUT2D eigenvalue weighted by atomic mass is 16.3. The molecule has 3 N–H and O–H groups in total. The summed E-state index contributed by atoms with van der Waals surface area (Å²) in [6, 6.07) is 4.51. The summed E-state index contributed by atoms with van der Waals surface area (Å²) in [6.45, 7) is 5.35. The van der Waals surface area contributed by atoms with Gasteiger partial charge in [0.05, 0.1) is 5.56 Å². The highest BCUT2D eigenvalue weighted by Crippen LogP contribution is 2.29. The van der Waals surface area contributed by atoms with Gasteiger partial charge in [-0.15, -0.1) is 0 Å². The maximum Gasteiger partial charge on any atom is 0.257 e. The van der Waals surface area contributed by atoms with Crippen molar-refractivity contribution in [3.05, 3.63) is 23.8 Å². The van der Waals surface area contributed by atoms with Crippen molar-refractivity contribution >= 4 is 5.91 Å². The fourth-order valence-electron chi connectivity index (χ4n) is 2.81. The number of benzene rings is 1. The van der Waals surface area contributed by atoms with Gasteiger partial charge in [-0.3, -0.25) is 4.79 Å². The number of phenols is 2. The molecule has 0 bridgehead atoms. The third-order valence-electron chi connectivity index (χ3n) is 3.90. The molecule has 1 aliphatic rings. The van der Waals surface area contributed by atoms with E-state index >= 15 is 0 Å². The minimum atomic E-state index is -0.328. The lowest BCUT2D eigenvalue weighted by Gasteiger charge is -2.30. The summed E-state index contributed by atoms with van der Waals surface area (Å²) in [5.74, 6) is -0.341. The molecule has 2 rings (SSSR count). The molecule has 1 aliphatic heterocycles. The SMILES string of the molecule is CCCN(CC1CCCNC1)C(=O)c1cccc(O)c1O. The van der Waals surface area contributed by atoms with E-state index in [0.29, 0.717) is 19.0 Å². The molecule has 1 amide bonds. The summed E-state index contributed by atoms with van der Waals surface area (Å²) in [7, 11) is 0. The number of hydrogen-bond acceptors (Lipinski definition) is 4. The van der Waals surface area contributed by atoms with Crippen molar-refractivity contribution < 1.29 is 15.0 Å². The zero-order valence-corrected chi connectivity index (χ0v) is 12.5. The molecule has 0 aromatic heterocycles. The van der Waals surface area contributed by atoms with Gasteiger partial charge < -0.3 is 20.4 Å². The molecule has 1 saturated heterocycles. The second-order valence-electron chi connectivity index (χ2n) is 5.64. The highest BCUT2D eigenvalue weighted by molar-refractivity contribution is 5.97. The second-order valence-corrected chi connectivity index (χ2v) is 5.64. The molecule has 0 spiro atoms. The van der Waals surface area contributed by atoms with E-state index < -0.39 is 0 Å². The summed E-state index contributed by atoms with van der Waals surface area (Å²) in [5.41, 5.74) is 0.173. The van der Waals surface area contributed by atoms with Gasteiger partial charge in [-0.25, -0.2) is 0 Å². The lowest BCUT2D eigenvalue weighted by Crippen LogP contribution is -2.41. The maximum atomic E-state index is 12.6. The van der Waals surface area contributed by atoms with Gasteiger partial charge in [-0.1, -0.05) is 13.0 Å². The summed E-state index contributed by atoms with van der Waals surface area (Å²) in [6.07, 6.45) is 3.12. The Kier molecular flexibility index (Phi) is 5.44. The van der Waals surface area contributed by atoms with Gasteiger partial charge in [0.25, 0.3) is 5.91 Å². The smallest absolute Gasteiger partial charge is 0.257 e. The standard InChI is InChI=1S/C16H24N2O3/c1-2-9-18(11-12-5-4-8-17-10-12)16(21)13-6-3-7-14(19)15(13)20/h3,6-7,12,17,19-20H,2,4-5,8-11H2,1H3. The first-order valence-corrected chi connectivity index (χ1v) is 7.64. The Balaban J connectivity index is 2.12. The topological polar surface area (TPSA) is 72.8 Å². The first-order chi connectivity index (χ1) is 10.1. The quantitative estimate of drug-likeness (QED) is 0.725. The minimum Gasteiger partial charge on any atom is -0.504 e. The molecule has 21 heavy (non-hydrogen) atoms. The number of nitrogens with zero attached hydrogens (tertiary/aromatic N) is 1. The van der Waals surface area contributed by atoms with Crippen LogP contribution in [0.5, 0.6) is 11.5 Å². The first kappa shape index (κ1) is 15.6. The maximum absolute atomic E-state index is 12.6. The lowest BCUT2D eigenvalue weighted by molar-refractivity contribution is 0.0715. The van der Waals surface area contributed by atoms with E-state index in [2.05, 4.69) is 5.32 Å². The Morgan fingerprint density at radius 2 is 2.24 bits per heavy atom. The molecule has 1 atom stereocenters. The Morgan fingerprint density at radius 3 is 2.90 bits per heavy atom. The predicted molar refractivity (Wildman–Crippen MR) is 81.6 cm³/mol. The molecule has 0 saturated carbocycles. The number of aromatic hydroxyl groups is 2. The molecule has 0 radical (unpaired) electrons. The van der Waals surface area contributed by atoms with Gasteiger partial charge in [0.15, 0.2) is 11.5 Å². The average Bonchev–Trinajstić information content (AvgIpc) is 2.50. The van der Waals surface area contributed by atoms with Gasteiger partial charge in [0.2, 0.25) is 0 Å². The average molecular weight is 292 g/mol. The third kappa shape index (κ3) is 3.88. The summed E-state index contributed by atoms with van der Waals surface area (Å²) < 4.78 is 0. The van der Waals surface area contributed by atoms with Crippen LogP contribution in [0.15, 0.2) is 18.2 Å². The van der Waals surface area contributed by atoms with Crippen LogP contribution in [0, 0.1) is 5.92 Å². The zero-order chi connectivity index (χ0) is 15.2. The summed E-state index contributed by atoms with van der Waals surface area (Å²) in [5, 5.41) is 22.8. The van der Waals surface area contributed by atoms with Crippen LogP contribution in [0.2, 0.25) is 0 Å². The van der Waals surface area contributed by atoms with Gasteiger partial charge in [0, 0.05) is 13.1 Å². The number of hydrogen-bond donors (Lipinski definition) is 3. The van der Waals surface area contributed by atoms with Crippen LogP contribution in [0.4, 0.5) is 0 Å². The minimum absolute atomic E-state index is 0.173. The fourth-order valence-corrected chi connectivity index (χ4v) is 2.81. The monoisotopic (exact) mass is 292 g/mol. The van der Waals surface area contributed by atoms with E-state index in [1.165, 1.54) is 6.07 Å². The molecule has 5 nitrogen and oxygen atoms in total. The van der Waals surface area contributed by atoms with E-state index in [1.807, 2.05) is 6.92 Å². The zero-order valence-electron chi connectivity index (χ0n) is 12.5. The Hall–Kier alpha value is -1.75. The largest absolute Gasteiger partial charge is 0.504 e. The molecule has 1 aromatic carbocycles. The Labute approximate surface area is 125 Å². The molecule has 116 valence electrons. The number of phenolic OH excluding ortho intramolecular Hbond substituents is 2. The molecule has 1 unspecified atom stereocenters. The molecule has 5 heteroatoms. The van der Waals surface area contributed by atoms with E-state index in [9.17, 15) is 15.0 Å². The number of amides is 1. The van der Waals surface area contributed by atoms with E-state index in [1.54, 1.807) is 17.0 Å². The molecule has 1 aromatic rings. The fraction of sp³-hybridized carbons (Fsp3) is 0.562. The number of carbonyl (C=O) groups excluding carboxylic acids is 1. The van der Waals surface area contributed by atoms with Gasteiger partial charge in [0.1, 0.15) is 0 Å². The third-order valence-corrected chi connectivity index (χ3v) is 3.90. The van der Waals surface area contributed by atoms with Crippen LogP contribution in [-0.2, 0) is 0 Å². The van der Waals surface area contributed by atoms with Gasteiger partial charge in [-0.2, -0.15) is 0 Å². The second kappa shape index (κ2) is 7.31. The summed E-state index contributed by atoms with van der Waals surface area (Å²) >= 11 is 0. The van der Waals surface area contributed by atoms with Gasteiger partial charge >= 0.3 is 0 Å². The van der Waals surface area contributed by atoms with Crippen molar-refractivity contribution in [2.45, 2.75) is 26.2 Å². The normalized spacial score (nSPS) is 18.4. The van der Waals surface area contributed by atoms with Crippen molar-refractivity contribution in [3.8, 4) is 11.5 Å². The van der Waals surface area contributed by atoms with Crippen molar-refractivity contribution in [1.29, 1.82) is 0 Å². The number of rotatable bonds is 5. The van der Waals surface area contributed by atoms with Crippen LogP contribution in [0.3, 0.4) is 0 Å². The van der Waals surface area contributed by atoms with Crippen molar-refractivity contribution in [2.24, 2.45) is 5.92 Å². The number of para-hydroxylation sites is 1.